The van der Waals surface area contributed by atoms with Gasteiger partial charge in [-0.3, -0.25) is 9.59 Å². The zero-order valence-corrected chi connectivity index (χ0v) is 23.4. The molecule has 0 radical (unpaired) electrons. The first-order valence-electron chi connectivity index (χ1n) is 13.7. The van der Waals surface area contributed by atoms with Crippen molar-refractivity contribution in [3.63, 3.8) is 0 Å². The number of benzene rings is 3. The van der Waals surface area contributed by atoms with Gasteiger partial charge in [0, 0.05) is 36.2 Å². The lowest BCUT2D eigenvalue weighted by molar-refractivity contribution is -0.137. The van der Waals surface area contributed by atoms with E-state index in [1.807, 2.05) is 30.5 Å². The molecule has 0 aliphatic heterocycles. The molecule has 10 heteroatoms. The summed E-state index contributed by atoms with van der Waals surface area (Å²) in [5.41, 5.74) is 2.05. The van der Waals surface area contributed by atoms with E-state index >= 15 is 0 Å². The van der Waals surface area contributed by atoms with Crippen LogP contribution in [0, 0.1) is 0 Å². The maximum Gasteiger partial charge on any atom is 0.416 e. The van der Waals surface area contributed by atoms with E-state index < -0.39 is 11.7 Å². The number of nitrogens with one attached hydrogen (secondary N) is 1. The number of carbonyl (C=O) groups excluding carboxylic acids is 2. The van der Waals surface area contributed by atoms with Crippen LogP contribution in [0.4, 0.5) is 13.2 Å². The summed E-state index contributed by atoms with van der Waals surface area (Å²) in [7, 11) is 2.93. The van der Waals surface area contributed by atoms with Gasteiger partial charge in [-0.2, -0.15) is 13.2 Å². The third-order valence-corrected chi connectivity index (χ3v) is 7.53. The highest BCUT2D eigenvalue weighted by atomic mass is 19.4. The van der Waals surface area contributed by atoms with Gasteiger partial charge in [-0.25, -0.2) is 0 Å². The molecular formula is C32H32F3N3O4. The van der Waals surface area contributed by atoms with Crippen LogP contribution in [0.3, 0.4) is 0 Å². The first-order valence-corrected chi connectivity index (χ1v) is 13.7. The molecule has 220 valence electrons. The van der Waals surface area contributed by atoms with E-state index in [4.69, 9.17) is 9.47 Å². The summed E-state index contributed by atoms with van der Waals surface area (Å²) < 4.78 is 50.3. The van der Waals surface area contributed by atoms with Crippen molar-refractivity contribution in [3.05, 3.63) is 95.2 Å². The van der Waals surface area contributed by atoms with E-state index in [-0.39, 0.29) is 36.5 Å². The van der Waals surface area contributed by atoms with Gasteiger partial charge in [-0.1, -0.05) is 36.4 Å². The summed E-state index contributed by atoms with van der Waals surface area (Å²) in [4.78, 5) is 34.1. The minimum atomic E-state index is -4.45. The number of nitrogens with zero attached hydrogens (tertiary/aromatic N) is 2. The Morgan fingerprint density at radius 3 is 2.21 bits per heavy atom. The SMILES string of the molecule is COc1cccc(OC)c1C(=O)N(CC(=O)N(CCc1c[nH]c2ccccc12)Cc1ccc(C(F)(F)F)cc1)C1CC1. The number of halogens is 3. The minimum absolute atomic E-state index is 0.0994. The van der Waals surface area contributed by atoms with Crippen molar-refractivity contribution in [2.75, 3.05) is 27.3 Å². The van der Waals surface area contributed by atoms with Crippen molar-refractivity contribution in [1.82, 2.24) is 14.8 Å². The topological polar surface area (TPSA) is 74.9 Å². The molecule has 5 rings (SSSR count). The molecular weight excluding hydrogens is 547 g/mol. The molecule has 2 amide bonds. The summed E-state index contributed by atoms with van der Waals surface area (Å²) in [6, 6.07) is 17.6. The quantitative estimate of drug-likeness (QED) is 0.234. The van der Waals surface area contributed by atoms with Crippen LogP contribution >= 0.6 is 0 Å². The molecule has 3 aromatic carbocycles. The second kappa shape index (κ2) is 12.2. The number of carbonyl (C=O) groups is 2. The van der Waals surface area contributed by atoms with Gasteiger partial charge < -0.3 is 24.3 Å². The molecule has 1 aliphatic rings. The Morgan fingerprint density at radius 1 is 0.929 bits per heavy atom. The van der Waals surface area contributed by atoms with Gasteiger partial charge in [0.25, 0.3) is 5.91 Å². The molecule has 1 fully saturated rings. The van der Waals surface area contributed by atoms with Crippen LogP contribution in [-0.2, 0) is 23.9 Å². The highest BCUT2D eigenvalue weighted by Gasteiger charge is 2.37. The number of fused-ring (bicyclic) bond motifs is 1. The van der Waals surface area contributed by atoms with Crippen molar-refractivity contribution in [2.24, 2.45) is 0 Å². The lowest BCUT2D eigenvalue weighted by Crippen LogP contribution is -2.44. The Bertz CT molecular complexity index is 1540. The summed E-state index contributed by atoms with van der Waals surface area (Å²) >= 11 is 0. The standard InChI is InChI=1S/C32H32F3N3O4/c1-41-27-8-5-9-28(42-2)30(27)31(40)38(24-14-15-24)20-29(39)37(19-21-10-12-23(13-11-21)32(33,34)35)17-16-22-18-36-26-7-4-3-6-25(22)26/h3-13,18,24,36H,14-17,19-20H2,1-2H3. The number of alkyl halides is 3. The number of amides is 2. The van der Waals surface area contributed by atoms with Crippen LogP contribution in [0.15, 0.2) is 72.9 Å². The van der Waals surface area contributed by atoms with Crippen molar-refractivity contribution >= 4 is 22.7 Å². The summed E-state index contributed by atoms with van der Waals surface area (Å²) in [6.07, 6.45) is -0.489. The molecule has 0 atom stereocenters. The molecule has 0 spiro atoms. The maximum absolute atomic E-state index is 13.9. The number of rotatable bonds is 11. The third kappa shape index (κ3) is 6.37. The van der Waals surface area contributed by atoms with Crippen molar-refractivity contribution < 1.29 is 32.2 Å². The Kier molecular flexibility index (Phi) is 8.42. The Hall–Kier alpha value is -4.47. The van der Waals surface area contributed by atoms with Crippen LogP contribution in [0.1, 0.15) is 39.9 Å². The van der Waals surface area contributed by atoms with E-state index in [9.17, 15) is 22.8 Å². The van der Waals surface area contributed by atoms with E-state index in [1.165, 1.54) is 26.4 Å². The fourth-order valence-corrected chi connectivity index (χ4v) is 5.11. The van der Waals surface area contributed by atoms with Crippen molar-refractivity contribution in [3.8, 4) is 11.5 Å². The Morgan fingerprint density at radius 2 is 1.60 bits per heavy atom. The Labute approximate surface area is 241 Å². The van der Waals surface area contributed by atoms with Crippen molar-refractivity contribution in [1.29, 1.82) is 0 Å². The van der Waals surface area contributed by atoms with Crippen molar-refractivity contribution in [2.45, 2.75) is 38.0 Å². The molecule has 0 saturated heterocycles. The first kappa shape index (κ1) is 29.0. The molecule has 1 aliphatic carbocycles. The van der Waals surface area contributed by atoms with Gasteiger partial charge in [0.2, 0.25) is 5.91 Å². The fourth-order valence-electron chi connectivity index (χ4n) is 5.11. The van der Waals surface area contributed by atoms with Crippen LogP contribution < -0.4 is 9.47 Å². The summed E-state index contributed by atoms with van der Waals surface area (Å²) in [5, 5.41) is 1.04. The molecule has 0 bridgehead atoms. The highest BCUT2D eigenvalue weighted by molar-refractivity contribution is 6.01. The summed E-state index contributed by atoms with van der Waals surface area (Å²) in [6.45, 7) is 0.232. The zero-order chi connectivity index (χ0) is 29.9. The number of para-hydroxylation sites is 1. The second-order valence-electron chi connectivity index (χ2n) is 10.3. The number of aromatic nitrogens is 1. The molecule has 1 N–H and O–H groups in total. The van der Waals surface area contributed by atoms with E-state index in [2.05, 4.69) is 4.98 Å². The molecule has 7 nitrogen and oxygen atoms in total. The number of H-pyrrole nitrogens is 1. The number of hydrogen-bond acceptors (Lipinski definition) is 4. The molecule has 0 unspecified atom stereocenters. The number of ether oxygens (including phenoxy) is 2. The summed E-state index contributed by atoms with van der Waals surface area (Å²) in [5.74, 6) is 0.0203. The second-order valence-corrected chi connectivity index (χ2v) is 10.3. The normalized spacial score (nSPS) is 13.2. The average molecular weight is 580 g/mol. The van der Waals surface area contributed by atoms with E-state index in [0.29, 0.717) is 30.0 Å². The predicted molar refractivity (Wildman–Crippen MR) is 152 cm³/mol. The van der Waals surface area contributed by atoms with E-state index in [1.54, 1.807) is 28.0 Å². The largest absolute Gasteiger partial charge is 0.496 e. The number of aromatic amines is 1. The average Bonchev–Trinajstić information content (AvgIpc) is 3.76. The number of hydrogen-bond donors (Lipinski definition) is 1. The van der Waals surface area contributed by atoms with Crippen LogP contribution in [0.5, 0.6) is 11.5 Å². The third-order valence-electron chi connectivity index (χ3n) is 7.53. The molecule has 1 heterocycles. The maximum atomic E-state index is 13.9. The van der Waals surface area contributed by atoms with Crippen LogP contribution in [-0.4, -0.2) is 59.9 Å². The van der Waals surface area contributed by atoms with Crippen LogP contribution in [0.2, 0.25) is 0 Å². The van der Waals surface area contributed by atoms with Gasteiger partial charge in [-0.05, 0) is 60.7 Å². The van der Waals surface area contributed by atoms with Gasteiger partial charge >= 0.3 is 6.18 Å². The predicted octanol–water partition coefficient (Wildman–Crippen LogP) is 6.08. The highest BCUT2D eigenvalue weighted by Crippen LogP contribution is 2.35. The smallest absolute Gasteiger partial charge is 0.416 e. The first-order chi connectivity index (χ1) is 20.2. The Balaban J connectivity index is 1.40. The fraction of sp³-hybridized carbons (Fsp3) is 0.312. The lowest BCUT2D eigenvalue weighted by Gasteiger charge is -2.29. The molecule has 1 saturated carbocycles. The van der Waals surface area contributed by atoms with Gasteiger partial charge in [0.05, 0.1) is 19.8 Å². The van der Waals surface area contributed by atoms with Gasteiger partial charge in [0.1, 0.15) is 23.6 Å². The lowest BCUT2D eigenvalue weighted by atomic mass is 10.1. The van der Waals surface area contributed by atoms with E-state index in [0.717, 1.165) is 41.4 Å². The molecule has 4 aromatic rings. The molecule has 1 aromatic heterocycles. The monoisotopic (exact) mass is 579 g/mol. The molecule has 42 heavy (non-hydrogen) atoms. The number of methoxy groups -OCH3 is 2. The van der Waals surface area contributed by atoms with Crippen LogP contribution in [0.25, 0.3) is 10.9 Å². The minimum Gasteiger partial charge on any atom is -0.496 e. The van der Waals surface area contributed by atoms with Gasteiger partial charge in [0.15, 0.2) is 0 Å². The van der Waals surface area contributed by atoms with Gasteiger partial charge in [-0.15, -0.1) is 0 Å². The zero-order valence-electron chi connectivity index (χ0n) is 23.4.